The summed E-state index contributed by atoms with van der Waals surface area (Å²) in [7, 11) is 0. The van der Waals surface area contributed by atoms with E-state index in [0.29, 0.717) is 11.7 Å². The molecule has 15 heavy (non-hydrogen) atoms. The van der Waals surface area contributed by atoms with E-state index in [4.69, 9.17) is 4.18 Å². The van der Waals surface area contributed by atoms with Crippen molar-refractivity contribution in [1.29, 1.82) is 0 Å². The molecule has 0 aliphatic heterocycles. The number of hydrogen-bond acceptors (Lipinski definition) is 2. The minimum atomic E-state index is -0.117. The average molecular weight is 230 g/mol. The van der Waals surface area contributed by atoms with Gasteiger partial charge in [0.1, 0.15) is 5.75 Å². The molecule has 1 nitrogen and oxygen atoms in total. The monoisotopic (exact) mass is 230 g/mol. The molecule has 0 spiro atoms. The van der Waals surface area contributed by atoms with Gasteiger partial charge in [0.15, 0.2) is 0 Å². The molecule has 0 aliphatic carbocycles. The van der Waals surface area contributed by atoms with Crippen molar-refractivity contribution in [1.82, 2.24) is 0 Å². The van der Waals surface area contributed by atoms with Crippen molar-refractivity contribution >= 4 is 12.4 Å². The molecule has 86 valence electrons. The van der Waals surface area contributed by atoms with Gasteiger partial charge in [0.2, 0.25) is 0 Å². The lowest BCUT2D eigenvalue weighted by molar-refractivity contribution is 0.607. The van der Waals surface area contributed by atoms with Gasteiger partial charge in [-0.15, -0.1) is 3.89 Å². The van der Waals surface area contributed by atoms with Crippen LogP contribution >= 0.6 is 12.4 Å². The predicted molar refractivity (Wildman–Crippen MR) is 65.8 cm³/mol. The smallest absolute Gasteiger partial charge is 0.272 e. The van der Waals surface area contributed by atoms with Gasteiger partial charge in [-0.05, 0) is 30.0 Å². The maximum atomic E-state index is 11.8. The van der Waals surface area contributed by atoms with Crippen LogP contribution in [0.15, 0.2) is 24.3 Å². The molecule has 0 saturated carbocycles. The highest BCUT2D eigenvalue weighted by Gasteiger charge is 2.03. The fourth-order valence-corrected chi connectivity index (χ4v) is 1.32. The SMILES string of the molecule is CC.CCC(C)c1cccc(OSF)c1. The molecule has 0 heterocycles. The summed E-state index contributed by atoms with van der Waals surface area (Å²) in [4.78, 5) is 0. The van der Waals surface area contributed by atoms with E-state index in [1.165, 1.54) is 5.56 Å². The molecule has 0 radical (unpaired) electrons. The zero-order valence-corrected chi connectivity index (χ0v) is 10.6. The molecule has 0 saturated heterocycles. The van der Waals surface area contributed by atoms with E-state index in [9.17, 15) is 3.89 Å². The Bertz CT molecular complexity index is 266. The molecular weight excluding hydrogens is 211 g/mol. The molecule has 1 aromatic rings. The lowest BCUT2D eigenvalue weighted by atomic mass is 9.99. The first kappa shape index (κ1) is 14.3. The second-order valence-corrected chi connectivity index (χ2v) is 3.32. The van der Waals surface area contributed by atoms with Crippen LogP contribution in [-0.2, 0) is 0 Å². The van der Waals surface area contributed by atoms with E-state index in [2.05, 4.69) is 13.8 Å². The van der Waals surface area contributed by atoms with Crippen LogP contribution < -0.4 is 4.18 Å². The second kappa shape index (κ2) is 8.60. The second-order valence-electron chi connectivity index (χ2n) is 3.03. The summed E-state index contributed by atoms with van der Waals surface area (Å²) in [5, 5.41) is 0. The van der Waals surface area contributed by atoms with Gasteiger partial charge in [-0.3, -0.25) is 0 Å². The standard InChI is InChI=1S/C10H13FOS.C2H6/c1-3-8(2)9-5-4-6-10(7-9)12-13-11;1-2/h4-8H,3H2,1-2H3;1-2H3. The van der Waals surface area contributed by atoms with Crippen LogP contribution in [0.1, 0.15) is 45.6 Å². The molecule has 1 unspecified atom stereocenters. The summed E-state index contributed by atoms with van der Waals surface area (Å²) in [5.41, 5.74) is 1.19. The average Bonchev–Trinajstić information content (AvgIpc) is 2.31. The van der Waals surface area contributed by atoms with Crippen molar-refractivity contribution in [2.24, 2.45) is 0 Å². The fourth-order valence-electron chi connectivity index (χ4n) is 1.14. The van der Waals surface area contributed by atoms with Gasteiger partial charge in [0.05, 0.1) is 0 Å². The zero-order valence-electron chi connectivity index (χ0n) is 9.79. The number of halogens is 1. The Labute approximate surface area is 96.5 Å². The van der Waals surface area contributed by atoms with E-state index >= 15 is 0 Å². The van der Waals surface area contributed by atoms with E-state index < -0.39 is 0 Å². The van der Waals surface area contributed by atoms with Crippen LogP contribution in [-0.4, -0.2) is 0 Å². The fraction of sp³-hybridized carbons (Fsp3) is 0.500. The summed E-state index contributed by atoms with van der Waals surface area (Å²) in [6.07, 6.45) is 1.08. The zero-order chi connectivity index (χ0) is 11.7. The Morgan fingerprint density at radius 2 is 2.07 bits per heavy atom. The quantitative estimate of drug-likeness (QED) is 0.662. The van der Waals surface area contributed by atoms with Crippen molar-refractivity contribution in [3.8, 4) is 5.75 Å². The van der Waals surface area contributed by atoms with Crippen molar-refractivity contribution in [2.75, 3.05) is 0 Å². The van der Waals surface area contributed by atoms with Gasteiger partial charge in [0.25, 0.3) is 12.4 Å². The lowest BCUT2D eigenvalue weighted by Crippen LogP contribution is -1.91. The van der Waals surface area contributed by atoms with Gasteiger partial charge in [0, 0.05) is 0 Å². The molecule has 0 N–H and O–H groups in total. The topological polar surface area (TPSA) is 9.23 Å². The van der Waals surface area contributed by atoms with Crippen molar-refractivity contribution in [2.45, 2.75) is 40.0 Å². The predicted octanol–water partition coefficient (Wildman–Crippen LogP) is 5.14. The summed E-state index contributed by atoms with van der Waals surface area (Å²) in [6.45, 7) is 8.27. The van der Waals surface area contributed by atoms with Gasteiger partial charge in [-0.1, -0.05) is 39.8 Å². The summed E-state index contributed by atoms with van der Waals surface area (Å²) in [6, 6.07) is 7.54. The first-order chi connectivity index (χ1) is 7.27. The molecular formula is C12H19FOS. The highest BCUT2D eigenvalue weighted by Crippen LogP contribution is 2.24. The van der Waals surface area contributed by atoms with Crippen molar-refractivity contribution in [3.63, 3.8) is 0 Å². The summed E-state index contributed by atoms with van der Waals surface area (Å²) < 4.78 is 16.5. The molecule has 1 atom stereocenters. The van der Waals surface area contributed by atoms with E-state index in [1.807, 2.05) is 32.0 Å². The Hall–Kier alpha value is -0.700. The minimum absolute atomic E-state index is 0.117. The summed E-state index contributed by atoms with van der Waals surface area (Å²) >= 11 is -0.117. The van der Waals surface area contributed by atoms with Crippen LogP contribution in [0.25, 0.3) is 0 Å². The Balaban J connectivity index is 0.000000921. The van der Waals surface area contributed by atoms with Gasteiger partial charge in [-0.2, -0.15) is 0 Å². The molecule has 0 bridgehead atoms. The molecule has 1 aromatic carbocycles. The first-order valence-electron chi connectivity index (χ1n) is 5.33. The molecule has 1 rings (SSSR count). The number of rotatable bonds is 4. The number of hydrogen-bond donors (Lipinski definition) is 0. The highest BCUT2D eigenvalue weighted by molar-refractivity contribution is 7.89. The maximum Gasteiger partial charge on any atom is 0.272 e. The van der Waals surface area contributed by atoms with Gasteiger partial charge in [-0.25, -0.2) is 0 Å². The summed E-state index contributed by atoms with van der Waals surface area (Å²) in [5.74, 6) is 1.07. The van der Waals surface area contributed by atoms with Gasteiger partial charge >= 0.3 is 0 Å². The van der Waals surface area contributed by atoms with Gasteiger partial charge < -0.3 is 4.18 Å². The molecule has 0 fully saturated rings. The third-order valence-electron chi connectivity index (χ3n) is 2.17. The van der Waals surface area contributed by atoms with E-state index in [0.717, 1.165) is 6.42 Å². The van der Waals surface area contributed by atoms with Crippen LogP contribution in [0.4, 0.5) is 3.89 Å². The van der Waals surface area contributed by atoms with Crippen molar-refractivity contribution in [3.05, 3.63) is 29.8 Å². The first-order valence-corrected chi connectivity index (χ1v) is 5.97. The third-order valence-corrected chi connectivity index (χ3v) is 2.42. The molecule has 0 aliphatic rings. The highest BCUT2D eigenvalue weighted by atomic mass is 32.2. The van der Waals surface area contributed by atoms with E-state index in [-0.39, 0.29) is 12.4 Å². The van der Waals surface area contributed by atoms with Crippen LogP contribution in [0.2, 0.25) is 0 Å². The van der Waals surface area contributed by atoms with E-state index in [1.54, 1.807) is 6.07 Å². The minimum Gasteiger partial charge on any atom is -0.397 e. The van der Waals surface area contributed by atoms with Crippen LogP contribution in [0.3, 0.4) is 0 Å². The van der Waals surface area contributed by atoms with Crippen LogP contribution in [0.5, 0.6) is 5.75 Å². The van der Waals surface area contributed by atoms with Crippen LogP contribution in [0, 0.1) is 0 Å². The lowest BCUT2D eigenvalue weighted by Gasteiger charge is -2.09. The third kappa shape index (κ3) is 5.07. The Morgan fingerprint density at radius 1 is 1.40 bits per heavy atom. The maximum absolute atomic E-state index is 11.8. The Morgan fingerprint density at radius 3 is 2.60 bits per heavy atom. The number of benzene rings is 1. The molecule has 0 aromatic heterocycles. The normalized spacial score (nSPS) is 11.3. The largest absolute Gasteiger partial charge is 0.397 e. The molecule has 3 heteroatoms. The Kier molecular flexibility index (Phi) is 8.19. The molecule has 0 amide bonds. The van der Waals surface area contributed by atoms with Crippen molar-refractivity contribution < 1.29 is 8.07 Å².